The van der Waals surface area contributed by atoms with Gasteiger partial charge in [-0.25, -0.2) is 9.29 Å². The minimum absolute atomic E-state index is 0.0246. The summed E-state index contributed by atoms with van der Waals surface area (Å²) in [6.45, 7) is 4.95. The number of aromatic nitrogens is 1. The van der Waals surface area contributed by atoms with Crippen molar-refractivity contribution in [3.8, 4) is 5.88 Å². The van der Waals surface area contributed by atoms with E-state index in [9.17, 15) is 19.0 Å². The molecule has 0 saturated carbocycles. The van der Waals surface area contributed by atoms with Crippen molar-refractivity contribution < 1.29 is 19.0 Å². The number of carbonyl (C=O) groups excluding carboxylic acids is 1. The molecule has 0 spiro atoms. The summed E-state index contributed by atoms with van der Waals surface area (Å²) in [7, 11) is -2.87. The van der Waals surface area contributed by atoms with Crippen LogP contribution in [0, 0.1) is 5.41 Å². The standard InChI is InChI=1S/C31H37Cl2N3O4S/c1-3-26(20-35-15-6-16-41(35,39)40)36-29(21-11-13-23(32)14-12-21)27(22-7-4-8-24(33)17-22)19-31(2,30(36)38)18-25-9-5-10-28(37)34-25/h4-5,7-14,17,26-27,29,39-40H,3,6,15-16,18-20H2,1-2H3,(H,34,37)/t26?,27-,29-,31+/m1/s1. The van der Waals surface area contributed by atoms with Crippen LogP contribution in [0.4, 0.5) is 0 Å². The lowest BCUT2D eigenvalue weighted by Crippen LogP contribution is -2.58. The van der Waals surface area contributed by atoms with Crippen LogP contribution in [0.5, 0.6) is 5.88 Å². The number of halogens is 2. The number of piperidine rings is 1. The van der Waals surface area contributed by atoms with Gasteiger partial charge < -0.3 is 10.0 Å². The van der Waals surface area contributed by atoms with E-state index in [-0.39, 0.29) is 29.8 Å². The largest absolute Gasteiger partial charge is 0.493 e. The number of benzene rings is 2. The maximum atomic E-state index is 14.8. The summed E-state index contributed by atoms with van der Waals surface area (Å²) in [5.41, 5.74) is 1.76. The molecule has 1 unspecified atom stereocenters. The van der Waals surface area contributed by atoms with Gasteiger partial charge >= 0.3 is 0 Å². The molecule has 0 aliphatic carbocycles. The second kappa shape index (κ2) is 12.1. The number of hydrogen-bond acceptors (Lipinski definition) is 6. The minimum atomic E-state index is -2.87. The Hall–Kier alpha value is -2.33. The Morgan fingerprint density at radius 3 is 2.41 bits per heavy atom. The third-order valence-corrected chi connectivity index (χ3v) is 11.0. The monoisotopic (exact) mass is 617 g/mol. The molecule has 3 N–H and O–H groups in total. The molecule has 1 aromatic heterocycles. The van der Waals surface area contributed by atoms with Gasteiger partial charge in [-0.05, 0) is 60.7 Å². The smallest absolute Gasteiger partial charge is 0.229 e. The Morgan fingerprint density at radius 2 is 1.78 bits per heavy atom. The van der Waals surface area contributed by atoms with Gasteiger partial charge in [-0.3, -0.25) is 13.9 Å². The predicted molar refractivity (Wildman–Crippen MR) is 166 cm³/mol. The first-order valence-electron chi connectivity index (χ1n) is 14.0. The summed E-state index contributed by atoms with van der Waals surface area (Å²) in [4.78, 5) is 21.1. The molecule has 2 saturated heterocycles. The Bertz CT molecular complexity index is 1390. The second-order valence-corrected chi connectivity index (χ2v) is 14.5. The molecule has 2 fully saturated rings. The normalized spacial score (nSPS) is 26.2. The lowest BCUT2D eigenvalue weighted by molar-refractivity contribution is -0.155. The summed E-state index contributed by atoms with van der Waals surface area (Å²) in [6, 6.07) is 19.9. The van der Waals surface area contributed by atoms with E-state index in [2.05, 4.69) is 11.1 Å². The fourth-order valence-corrected chi connectivity index (χ4v) is 8.41. The number of aromatic hydroxyl groups is 1. The van der Waals surface area contributed by atoms with Gasteiger partial charge in [0.2, 0.25) is 11.8 Å². The van der Waals surface area contributed by atoms with Gasteiger partial charge in [-0.1, -0.05) is 67.4 Å². The molecule has 2 aromatic carbocycles. The van der Waals surface area contributed by atoms with Crippen LogP contribution in [0.15, 0.2) is 66.7 Å². The molecule has 4 atom stereocenters. The van der Waals surface area contributed by atoms with Gasteiger partial charge in [0.25, 0.3) is 0 Å². The molecule has 1 amide bonds. The quantitative estimate of drug-likeness (QED) is 0.241. The van der Waals surface area contributed by atoms with Crippen molar-refractivity contribution in [1.29, 1.82) is 0 Å². The number of nitrogens with zero attached hydrogens (tertiary/aromatic N) is 3. The molecule has 220 valence electrons. The highest BCUT2D eigenvalue weighted by Gasteiger charge is 2.52. The van der Waals surface area contributed by atoms with E-state index < -0.39 is 16.2 Å². The number of pyridine rings is 1. The number of amides is 1. The average Bonchev–Trinajstić information content (AvgIpc) is 3.26. The molecule has 41 heavy (non-hydrogen) atoms. The summed E-state index contributed by atoms with van der Waals surface area (Å²) in [5, 5.41) is 11.3. The lowest BCUT2D eigenvalue weighted by atomic mass is 9.66. The molecule has 2 aliphatic rings. The number of likely N-dealkylation sites (tertiary alicyclic amines) is 1. The number of carbonyl (C=O) groups is 1. The first-order valence-corrected chi connectivity index (χ1v) is 16.4. The van der Waals surface area contributed by atoms with E-state index in [0.29, 0.717) is 60.3 Å². The summed E-state index contributed by atoms with van der Waals surface area (Å²) in [6.07, 6.45) is 2.21. The highest BCUT2D eigenvalue weighted by molar-refractivity contribution is 8.22. The second-order valence-electron chi connectivity index (χ2n) is 11.4. The minimum Gasteiger partial charge on any atom is -0.493 e. The van der Waals surface area contributed by atoms with Crippen LogP contribution in [0.2, 0.25) is 10.0 Å². The molecule has 0 radical (unpaired) electrons. The third-order valence-electron chi connectivity index (χ3n) is 8.47. The van der Waals surface area contributed by atoms with E-state index in [1.807, 2.05) is 67.3 Å². The van der Waals surface area contributed by atoms with Gasteiger partial charge in [0, 0.05) is 53.3 Å². The molecule has 3 heterocycles. The summed E-state index contributed by atoms with van der Waals surface area (Å²) in [5.74, 6) is 0.123. The molecular weight excluding hydrogens is 581 g/mol. The van der Waals surface area contributed by atoms with Crippen LogP contribution in [0.1, 0.15) is 61.9 Å². The topological polar surface area (TPSA) is 97.1 Å². The SMILES string of the molecule is CCC(CN1CCCS1(O)O)N1C(=O)[C@@](C)(Cc2cccc(O)n2)C[C@H](c2cccc(Cl)c2)[C@H]1c1ccc(Cl)cc1. The Labute approximate surface area is 253 Å². The van der Waals surface area contributed by atoms with Gasteiger partial charge in [0.05, 0.1) is 17.2 Å². The van der Waals surface area contributed by atoms with E-state index >= 15 is 0 Å². The van der Waals surface area contributed by atoms with E-state index in [1.165, 1.54) is 6.07 Å². The van der Waals surface area contributed by atoms with Crippen molar-refractivity contribution in [2.75, 3.05) is 18.8 Å². The van der Waals surface area contributed by atoms with Gasteiger partial charge in [0.1, 0.15) is 0 Å². The van der Waals surface area contributed by atoms with Crippen LogP contribution in [0.25, 0.3) is 0 Å². The zero-order valence-electron chi connectivity index (χ0n) is 23.3. The van der Waals surface area contributed by atoms with Crippen molar-refractivity contribution in [1.82, 2.24) is 14.2 Å². The summed E-state index contributed by atoms with van der Waals surface area (Å²) >= 11 is 12.8. The van der Waals surface area contributed by atoms with Crippen LogP contribution < -0.4 is 0 Å². The average molecular weight is 619 g/mol. The molecule has 5 rings (SSSR count). The van der Waals surface area contributed by atoms with Gasteiger partial charge in [-0.15, -0.1) is 10.8 Å². The molecule has 7 nitrogen and oxygen atoms in total. The van der Waals surface area contributed by atoms with E-state index in [0.717, 1.165) is 11.1 Å². The van der Waals surface area contributed by atoms with Crippen molar-refractivity contribution in [3.63, 3.8) is 0 Å². The highest BCUT2D eigenvalue weighted by atomic mass is 35.5. The first-order chi connectivity index (χ1) is 19.5. The van der Waals surface area contributed by atoms with Crippen molar-refractivity contribution in [2.45, 2.75) is 57.5 Å². The van der Waals surface area contributed by atoms with Crippen LogP contribution >= 0.6 is 34.0 Å². The maximum Gasteiger partial charge on any atom is 0.229 e. The van der Waals surface area contributed by atoms with E-state index in [1.54, 1.807) is 10.4 Å². The van der Waals surface area contributed by atoms with Crippen molar-refractivity contribution in [3.05, 3.63) is 93.6 Å². The Morgan fingerprint density at radius 1 is 1.05 bits per heavy atom. The number of rotatable bonds is 8. The van der Waals surface area contributed by atoms with Crippen LogP contribution in [-0.2, 0) is 11.2 Å². The zero-order chi connectivity index (χ0) is 29.4. The summed E-state index contributed by atoms with van der Waals surface area (Å²) < 4.78 is 23.3. The van der Waals surface area contributed by atoms with Crippen molar-refractivity contribution in [2.24, 2.45) is 5.41 Å². The molecular formula is C31H37Cl2N3O4S. The lowest BCUT2D eigenvalue weighted by Gasteiger charge is -2.53. The number of hydrogen-bond donors (Lipinski definition) is 3. The first kappa shape index (κ1) is 30.1. The molecule has 10 heteroatoms. The third kappa shape index (κ3) is 6.38. The maximum absolute atomic E-state index is 14.8. The van der Waals surface area contributed by atoms with Gasteiger partial charge in [0.15, 0.2) is 0 Å². The van der Waals surface area contributed by atoms with Crippen LogP contribution in [0.3, 0.4) is 0 Å². The molecule has 2 aliphatic heterocycles. The highest BCUT2D eigenvalue weighted by Crippen LogP contribution is 2.53. The van der Waals surface area contributed by atoms with E-state index in [4.69, 9.17) is 23.2 Å². The fraction of sp³-hybridized carbons (Fsp3) is 0.419. The molecule has 3 aromatic rings. The Balaban J connectivity index is 1.65. The zero-order valence-corrected chi connectivity index (χ0v) is 25.6. The fourth-order valence-electron chi connectivity index (χ4n) is 6.48. The van der Waals surface area contributed by atoms with Crippen molar-refractivity contribution >= 4 is 39.9 Å². The molecule has 0 bridgehead atoms. The predicted octanol–water partition coefficient (Wildman–Crippen LogP) is 7.55. The van der Waals surface area contributed by atoms with Gasteiger partial charge in [-0.2, -0.15) is 0 Å². The Kier molecular flexibility index (Phi) is 8.90. The van der Waals surface area contributed by atoms with Crippen LogP contribution in [-0.4, -0.2) is 59.2 Å².